The van der Waals surface area contributed by atoms with Gasteiger partial charge in [-0.3, -0.25) is 9.59 Å². The summed E-state index contributed by atoms with van der Waals surface area (Å²) < 4.78 is 10.6. The molecule has 334 valence electrons. The third kappa shape index (κ3) is 47.1. The van der Waals surface area contributed by atoms with Crippen LogP contribution in [0, 0.1) is 0 Å². The zero-order valence-corrected chi connectivity index (χ0v) is 38.0. The quantitative estimate of drug-likeness (QED) is 0.0377. The maximum atomic E-state index is 12.2. The minimum absolute atomic E-state index is 0.0923. The second kappa shape index (κ2) is 48.9. The van der Waals surface area contributed by atoms with E-state index < -0.39 is 6.10 Å². The zero-order chi connectivity index (χ0) is 42.8. The van der Waals surface area contributed by atoms with E-state index in [2.05, 4.69) is 123 Å². The number of aliphatic hydroxyl groups excluding tert-OH is 1. The topological polar surface area (TPSA) is 72.8 Å². The van der Waals surface area contributed by atoms with Crippen LogP contribution in [0.4, 0.5) is 0 Å². The largest absolute Gasteiger partial charge is 0.462 e. The molecule has 5 nitrogen and oxygen atoms in total. The highest BCUT2D eigenvalue weighted by Crippen LogP contribution is 2.13. The Balaban J connectivity index is 3.68. The summed E-state index contributed by atoms with van der Waals surface area (Å²) >= 11 is 0. The van der Waals surface area contributed by atoms with Gasteiger partial charge in [0.2, 0.25) is 0 Å². The van der Waals surface area contributed by atoms with E-state index in [0.717, 1.165) is 89.9 Å². The first-order valence-corrected chi connectivity index (χ1v) is 23.9. The van der Waals surface area contributed by atoms with Gasteiger partial charge in [0.05, 0.1) is 6.61 Å². The van der Waals surface area contributed by atoms with Crippen LogP contribution < -0.4 is 0 Å². The summed E-state index contributed by atoms with van der Waals surface area (Å²) in [6.45, 7) is 3.98. The van der Waals surface area contributed by atoms with Gasteiger partial charge >= 0.3 is 11.9 Å². The lowest BCUT2D eigenvalue weighted by Gasteiger charge is -2.15. The van der Waals surface area contributed by atoms with Crippen molar-refractivity contribution in [1.82, 2.24) is 0 Å². The number of allylic oxidation sites excluding steroid dienone is 18. The molecule has 0 aromatic carbocycles. The van der Waals surface area contributed by atoms with Crippen LogP contribution in [0.5, 0.6) is 0 Å². The van der Waals surface area contributed by atoms with Crippen molar-refractivity contribution in [3.63, 3.8) is 0 Å². The Bertz CT molecular complexity index is 1200. The van der Waals surface area contributed by atoms with Crippen LogP contribution >= 0.6 is 0 Å². The minimum atomic E-state index is -0.804. The van der Waals surface area contributed by atoms with E-state index in [1.54, 1.807) is 0 Å². The van der Waals surface area contributed by atoms with Gasteiger partial charge in [-0.05, 0) is 103 Å². The summed E-state index contributed by atoms with van der Waals surface area (Å²) in [6.07, 6.45) is 70.2. The van der Waals surface area contributed by atoms with E-state index in [-0.39, 0.29) is 25.2 Å². The summed E-state index contributed by atoms with van der Waals surface area (Å²) in [7, 11) is 0. The maximum absolute atomic E-state index is 12.2. The first-order chi connectivity index (χ1) is 29.1. The van der Waals surface area contributed by atoms with Crippen molar-refractivity contribution < 1.29 is 24.2 Å². The summed E-state index contributed by atoms with van der Waals surface area (Å²) in [6, 6.07) is 0. The summed E-state index contributed by atoms with van der Waals surface area (Å²) in [5.41, 5.74) is 0. The van der Waals surface area contributed by atoms with Crippen LogP contribution in [0.1, 0.15) is 200 Å². The number of esters is 2. The number of ether oxygens (including phenoxy) is 2. The lowest BCUT2D eigenvalue weighted by molar-refractivity contribution is -0.161. The molecule has 0 fully saturated rings. The van der Waals surface area contributed by atoms with Crippen molar-refractivity contribution in [3.8, 4) is 0 Å². The Morgan fingerprint density at radius 2 is 0.729 bits per heavy atom. The van der Waals surface area contributed by atoms with E-state index in [4.69, 9.17) is 9.47 Å². The number of hydrogen-bond acceptors (Lipinski definition) is 5. The van der Waals surface area contributed by atoms with E-state index in [1.807, 2.05) is 0 Å². The first kappa shape index (κ1) is 55.6. The number of unbranched alkanes of at least 4 members (excludes halogenated alkanes) is 16. The molecule has 0 aromatic heterocycles. The van der Waals surface area contributed by atoms with Crippen LogP contribution in [0.3, 0.4) is 0 Å². The summed E-state index contributed by atoms with van der Waals surface area (Å²) in [5.74, 6) is -0.654. The molecule has 0 heterocycles. The van der Waals surface area contributed by atoms with Crippen molar-refractivity contribution >= 4 is 11.9 Å². The van der Waals surface area contributed by atoms with Crippen LogP contribution in [-0.4, -0.2) is 36.4 Å². The van der Waals surface area contributed by atoms with Crippen molar-refractivity contribution in [3.05, 3.63) is 109 Å². The normalized spacial score (nSPS) is 13.2. The summed E-state index contributed by atoms with van der Waals surface area (Å²) in [5, 5.41) is 9.60. The smallest absolute Gasteiger partial charge is 0.306 e. The Kier molecular flexibility index (Phi) is 46.1. The van der Waals surface area contributed by atoms with E-state index in [0.29, 0.717) is 12.8 Å². The molecule has 0 aliphatic heterocycles. The lowest BCUT2D eigenvalue weighted by Crippen LogP contribution is -2.28. The molecule has 0 bridgehead atoms. The van der Waals surface area contributed by atoms with Gasteiger partial charge in [-0.2, -0.15) is 0 Å². The first-order valence-electron chi connectivity index (χ1n) is 23.9. The second-order valence-electron chi connectivity index (χ2n) is 15.4. The SMILES string of the molecule is CC/C=C\C/C=C\C/C=C\C/C=C\C/C=C\C/C=C\C/C=C\C/C=C\CCCCC(=O)OC(CO)COC(=O)CCCCCCCCC/C=C\CCCCCCCCC. The van der Waals surface area contributed by atoms with E-state index >= 15 is 0 Å². The zero-order valence-electron chi connectivity index (χ0n) is 38.0. The molecular formula is C54H88O5. The summed E-state index contributed by atoms with van der Waals surface area (Å²) in [4.78, 5) is 24.4. The van der Waals surface area contributed by atoms with Crippen molar-refractivity contribution in [2.75, 3.05) is 13.2 Å². The minimum Gasteiger partial charge on any atom is -0.462 e. The number of aliphatic hydroxyl groups is 1. The average molecular weight is 817 g/mol. The molecule has 0 radical (unpaired) electrons. The maximum Gasteiger partial charge on any atom is 0.306 e. The lowest BCUT2D eigenvalue weighted by atomic mass is 10.1. The number of hydrogen-bond donors (Lipinski definition) is 1. The average Bonchev–Trinajstić information content (AvgIpc) is 3.24. The number of carbonyl (C=O) groups excluding carboxylic acids is 2. The molecular weight excluding hydrogens is 729 g/mol. The van der Waals surface area contributed by atoms with Crippen LogP contribution in [-0.2, 0) is 19.1 Å². The van der Waals surface area contributed by atoms with Gasteiger partial charge in [-0.25, -0.2) is 0 Å². The van der Waals surface area contributed by atoms with Crippen molar-refractivity contribution in [2.24, 2.45) is 0 Å². The third-order valence-corrected chi connectivity index (χ3v) is 9.80. The van der Waals surface area contributed by atoms with Gasteiger partial charge in [0.1, 0.15) is 6.61 Å². The fourth-order valence-electron chi connectivity index (χ4n) is 6.21. The molecule has 1 unspecified atom stereocenters. The molecule has 0 saturated heterocycles. The fraction of sp³-hybridized carbons (Fsp3) is 0.630. The van der Waals surface area contributed by atoms with Crippen LogP contribution in [0.15, 0.2) is 109 Å². The highest BCUT2D eigenvalue weighted by atomic mass is 16.6. The highest BCUT2D eigenvalue weighted by Gasteiger charge is 2.16. The van der Waals surface area contributed by atoms with E-state index in [9.17, 15) is 14.7 Å². The molecule has 0 aliphatic carbocycles. The van der Waals surface area contributed by atoms with Crippen molar-refractivity contribution in [2.45, 2.75) is 206 Å². The standard InChI is InChI=1S/C54H88O5/c1-3-5-7-9-11-13-15-17-19-21-23-24-25-26-27-28-29-30-31-33-35-37-39-41-43-45-47-49-54(57)59-52(50-55)51-58-53(56)48-46-44-42-40-38-36-34-32-22-20-18-16-14-12-10-8-6-4-2/h5,7,11,13,17,19-20,22-24,26-27,29-30,33,35,39,41,52,55H,3-4,6,8-10,12,14-16,18,21,25,28,31-32,34,36-38,40,42-51H2,1-2H3/b7-5-,13-11-,19-17-,22-20-,24-23-,27-26-,30-29-,35-33-,41-39-. The molecule has 0 saturated carbocycles. The second-order valence-corrected chi connectivity index (χ2v) is 15.4. The molecule has 0 aliphatic rings. The molecule has 0 spiro atoms. The molecule has 0 aromatic rings. The van der Waals surface area contributed by atoms with Gasteiger partial charge in [0, 0.05) is 12.8 Å². The molecule has 59 heavy (non-hydrogen) atoms. The Hall–Kier alpha value is -3.44. The van der Waals surface area contributed by atoms with Gasteiger partial charge < -0.3 is 14.6 Å². The van der Waals surface area contributed by atoms with Crippen molar-refractivity contribution in [1.29, 1.82) is 0 Å². The van der Waals surface area contributed by atoms with Crippen LogP contribution in [0.2, 0.25) is 0 Å². The number of rotatable bonds is 42. The number of carbonyl (C=O) groups is 2. The highest BCUT2D eigenvalue weighted by molar-refractivity contribution is 5.70. The van der Waals surface area contributed by atoms with Gasteiger partial charge in [0.25, 0.3) is 0 Å². The fourth-order valence-corrected chi connectivity index (χ4v) is 6.21. The molecule has 0 rings (SSSR count). The predicted molar refractivity (Wildman–Crippen MR) is 255 cm³/mol. The Morgan fingerprint density at radius 3 is 1.15 bits per heavy atom. The van der Waals surface area contributed by atoms with E-state index in [1.165, 1.54) is 83.5 Å². The Morgan fingerprint density at radius 1 is 0.407 bits per heavy atom. The molecule has 1 atom stereocenters. The van der Waals surface area contributed by atoms with Gasteiger partial charge in [0.15, 0.2) is 6.10 Å². The Labute approximate surface area is 363 Å². The monoisotopic (exact) mass is 817 g/mol. The molecule has 1 N–H and O–H groups in total. The predicted octanol–water partition coefficient (Wildman–Crippen LogP) is 15.8. The van der Waals surface area contributed by atoms with Gasteiger partial charge in [-0.1, -0.05) is 194 Å². The molecule has 5 heteroatoms. The third-order valence-electron chi connectivity index (χ3n) is 9.80. The molecule has 0 amide bonds. The van der Waals surface area contributed by atoms with Crippen LogP contribution in [0.25, 0.3) is 0 Å². The van der Waals surface area contributed by atoms with Gasteiger partial charge in [-0.15, -0.1) is 0 Å².